The van der Waals surface area contributed by atoms with Crippen molar-refractivity contribution in [3.05, 3.63) is 106 Å². The molecule has 3 aromatic rings. The molecule has 0 radical (unpaired) electrons. The number of benzene rings is 3. The fraction of sp³-hybridized carbons (Fsp3) is 0.371. The second kappa shape index (κ2) is 16.5. The first-order chi connectivity index (χ1) is 20.7. The van der Waals surface area contributed by atoms with E-state index in [1.54, 1.807) is 11.0 Å². The molecule has 0 aliphatic rings. The molecule has 0 saturated heterocycles. The summed E-state index contributed by atoms with van der Waals surface area (Å²) in [6.07, 6.45) is 8.20. The molecule has 0 saturated carbocycles. The van der Waals surface area contributed by atoms with Crippen molar-refractivity contribution >= 4 is 11.8 Å². The van der Waals surface area contributed by atoms with Crippen molar-refractivity contribution in [2.75, 3.05) is 19.7 Å². The summed E-state index contributed by atoms with van der Waals surface area (Å²) in [4.78, 5) is 28.6. The molecule has 3 rings (SSSR count). The number of nitrogens with zero attached hydrogens (tertiary/aromatic N) is 1. The number of rotatable bonds is 15. The van der Waals surface area contributed by atoms with Crippen molar-refractivity contribution in [3.63, 3.8) is 0 Å². The van der Waals surface area contributed by atoms with E-state index in [-0.39, 0.29) is 24.5 Å². The lowest BCUT2D eigenvalue weighted by Gasteiger charge is -2.26. The topological polar surface area (TPSA) is 84.7 Å². The van der Waals surface area contributed by atoms with Gasteiger partial charge in [0.1, 0.15) is 11.6 Å². The number of hydrogen-bond acceptors (Lipinski definition) is 4. The Morgan fingerprint density at radius 2 is 1.58 bits per heavy atom. The Kier molecular flexibility index (Phi) is 12.9. The predicted molar refractivity (Wildman–Crippen MR) is 166 cm³/mol. The fourth-order valence-corrected chi connectivity index (χ4v) is 4.92. The minimum absolute atomic E-state index is 0.0532. The Labute approximate surface area is 253 Å². The lowest BCUT2D eigenvalue weighted by Crippen LogP contribution is -2.51. The van der Waals surface area contributed by atoms with Gasteiger partial charge in [0.25, 0.3) is 11.8 Å². The number of nitrogens with one attached hydrogen (secondary N) is 1. The third-order valence-corrected chi connectivity index (χ3v) is 7.07. The second-order valence-corrected chi connectivity index (χ2v) is 10.6. The maximum atomic E-state index is 14.0. The zero-order valence-corrected chi connectivity index (χ0v) is 25.2. The van der Waals surface area contributed by atoms with E-state index in [1.165, 1.54) is 29.8 Å². The molecule has 3 aromatic carbocycles. The quantitative estimate of drug-likeness (QED) is 0.224. The molecule has 0 aliphatic carbocycles. The predicted octanol–water partition coefficient (Wildman–Crippen LogP) is 5.66. The standard InChI is InChI=1S/C35H41F2N3O3/c1-5-12-40(13-6-2)35(42)29-16-25(8-4)15-28(20-29)34(41)39-33(19-27-17-30(36)21-31(37)18-27)32(38)23-43-22-26-11-9-10-24(7-3)14-26/h4,9-11,14-18,20-21,32-33H,5-7,12-13,19,22-23,38H2,1-3H3,(H,39,41)/t32?,33-/m0/s1. The first-order valence-electron chi connectivity index (χ1n) is 14.7. The highest BCUT2D eigenvalue weighted by atomic mass is 19.1. The van der Waals surface area contributed by atoms with Crippen LogP contribution in [-0.2, 0) is 24.2 Å². The summed E-state index contributed by atoms with van der Waals surface area (Å²) in [5.74, 6) is 0.340. The van der Waals surface area contributed by atoms with E-state index in [2.05, 4.69) is 24.2 Å². The lowest BCUT2D eigenvalue weighted by atomic mass is 9.98. The number of carbonyl (C=O) groups excluding carboxylic acids is 2. The van der Waals surface area contributed by atoms with E-state index in [0.29, 0.717) is 36.4 Å². The summed E-state index contributed by atoms with van der Waals surface area (Å²) in [6, 6.07) is 14.4. The van der Waals surface area contributed by atoms with Crippen molar-refractivity contribution in [1.29, 1.82) is 0 Å². The Balaban J connectivity index is 1.84. The van der Waals surface area contributed by atoms with Crippen molar-refractivity contribution in [2.45, 2.75) is 65.1 Å². The molecule has 228 valence electrons. The summed E-state index contributed by atoms with van der Waals surface area (Å²) >= 11 is 0. The van der Waals surface area contributed by atoms with Gasteiger partial charge in [-0.25, -0.2) is 8.78 Å². The van der Waals surface area contributed by atoms with Crippen LogP contribution in [-0.4, -0.2) is 48.5 Å². The average molecular weight is 590 g/mol. The van der Waals surface area contributed by atoms with Crippen molar-refractivity contribution in [2.24, 2.45) is 5.73 Å². The molecule has 0 aliphatic heterocycles. The highest BCUT2D eigenvalue weighted by Gasteiger charge is 2.24. The van der Waals surface area contributed by atoms with Gasteiger partial charge in [0.15, 0.2) is 0 Å². The van der Waals surface area contributed by atoms with Gasteiger partial charge in [0.05, 0.1) is 19.3 Å². The highest BCUT2D eigenvalue weighted by Crippen LogP contribution is 2.16. The number of halogens is 2. The first-order valence-corrected chi connectivity index (χ1v) is 14.7. The van der Waals surface area contributed by atoms with Crippen LogP contribution in [0.3, 0.4) is 0 Å². The molecule has 2 atom stereocenters. The Morgan fingerprint density at radius 1 is 0.930 bits per heavy atom. The van der Waals surface area contributed by atoms with Crippen molar-refractivity contribution in [1.82, 2.24) is 10.2 Å². The molecule has 0 bridgehead atoms. The summed E-state index contributed by atoms with van der Waals surface area (Å²) < 4.78 is 33.9. The van der Waals surface area contributed by atoms with Gasteiger partial charge in [-0.2, -0.15) is 0 Å². The maximum absolute atomic E-state index is 14.0. The van der Waals surface area contributed by atoms with Gasteiger partial charge in [-0.1, -0.05) is 51.0 Å². The second-order valence-electron chi connectivity index (χ2n) is 10.6. The van der Waals surface area contributed by atoms with Crippen LogP contribution in [0.2, 0.25) is 0 Å². The largest absolute Gasteiger partial charge is 0.375 e. The van der Waals surface area contributed by atoms with Gasteiger partial charge in [0.2, 0.25) is 0 Å². The third kappa shape index (κ3) is 10.0. The molecule has 3 N–H and O–H groups in total. The minimum Gasteiger partial charge on any atom is -0.375 e. The molecule has 0 aromatic heterocycles. The van der Waals surface area contributed by atoms with Crippen LogP contribution in [0.5, 0.6) is 0 Å². The van der Waals surface area contributed by atoms with E-state index in [1.807, 2.05) is 32.0 Å². The summed E-state index contributed by atoms with van der Waals surface area (Å²) in [5, 5.41) is 2.90. The van der Waals surface area contributed by atoms with E-state index < -0.39 is 29.6 Å². The van der Waals surface area contributed by atoms with Gasteiger partial charge >= 0.3 is 0 Å². The van der Waals surface area contributed by atoms with Gasteiger partial charge in [-0.3, -0.25) is 9.59 Å². The Bertz CT molecular complexity index is 1410. The monoisotopic (exact) mass is 589 g/mol. The molecule has 0 spiro atoms. The van der Waals surface area contributed by atoms with Gasteiger partial charge in [-0.15, -0.1) is 6.42 Å². The number of aryl methyl sites for hydroxylation is 1. The molecule has 0 fully saturated rings. The van der Waals surface area contributed by atoms with Gasteiger partial charge in [0, 0.05) is 41.9 Å². The fourth-order valence-electron chi connectivity index (χ4n) is 4.92. The SMILES string of the molecule is C#Cc1cc(C(=O)N[C@@H](Cc2cc(F)cc(F)c2)C(N)COCc2cccc(CC)c2)cc(C(=O)N(CCC)CCC)c1. The van der Waals surface area contributed by atoms with Crippen LogP contribution in [0.25, 0.3) is 0 Å². The van der Waals surface area contributed by atoms with Gasteiger partial charge in [-0.05, 0) is 72.7 Å². The van der Waals surface area contributed by atoms with E-state index >= 15 is 0 Å². The van der Waals surface area contributed by atoms with Crippen LogP contribution >= 0.6 is 0 Å². The zero-order chi connectivity index (χ0) is 31.4. The van der Waals surface area contributed by atoms with E-state index in [0.717, 1.165) is 30.9 Å². The normalized spacial score (nSPS) is 12.3. The van der Waals surface area contributed by atoms with Crippen LogP contribution in [0.1, 0.15) is 76.6 Å². The van der Waals surface area contributed by atoms with E-state index in [4.69, 9.17) is 16.9 Å². The molecular formula is C35H41F2N3O3. The summed E-state index contributed by atoms with van der Waals surface area (Å²) in [5.41, 5.74) is 9.90. The molecule has 6 nitrogen and oxygen atoms in total. The number of carbonyl (C=O) groups is 2. The Hall–Kier alpha value is -4.06. The smallest absolute Gasteiger partial charge is 0.253 e. The number of amides is 2. The molecule has 2 amide bonds. The number of hydrogen-bond donors (Lipinski definition) is 2. The summed E-state index contributed by atoms with van der Waals surface area (Å²) in [7, 11) is 0. The van der Waals surface area contributed by atoms with Crippen LogP contribution in [0, 0.1) is 24.0 Å². The first kappa shape index (κ1) is 33.4. The van der Waals surface area contributed by atoms with Crippen LogP contribution in [0.15, 0.2) is 60.7 Å². The highest BCUT2D eigenvalue weighted by molar-refractivity contribution is 6.00. The summed E-state index contributed by atoms with van der Waals surface area (Å²) in [6.45, 7) is 7.62. The molecule has 1 unspecified atom stereocenters. The lowest BCUT2D eigenvalue weighted by molar-refractivity contribution is 0.0755. The van der Waals surface area contributed by atoms with E-state index in [9.17, 15) is 18.4 Å². The minimum atomic E-state index is -0.749. The zero-order valence-electron chi connectivity index (χ0n) is 25.2. The molecular weight excluding hydrogens is 548 g/mol. The van der Waals surface area contributed by atoms with Crippen molar-refractivity contribution < 1.29 is 23.1 Å². The number of ether oxygens (including phenoxy) is 1. The average Bonchev–Trinajstić information content (AvgIpc) is 2.99. The molecule has 8 heteroatoms. The number of nitrogens with two attached hydrogens (primary N) is 1. The van der Waals surface area contributed by atoms with Gasteiger partial charge < -0.3 is 20.7 Å². The molecule has 43 heavy (non-hydrogen) atoms. The van der Waals surface area contributed by atoms with Crippen LogP contribution < -0.4 is 11.1 Å². The number of terminal acetylenes is 1. The molecule has 0 heterocycles. The third-order valence-electron chi connectivity index (χ3n) is 7.07. The van der Waals surface area contributed by atoms with Crippen molar-refractivity contribution in [3.8, 4) is 12.3 Å². The Morgan fingerprint density at radius 3 is 2.21 bits per heavy atom. The maximum Gasteiger partial charge on any atom is 0.253 e. The van der Waals surface area contributed by atoms with Crippen LogP contribution in [0.4, 0.5) is 8.78 Å².